The van der Waals surface area contributed by atoms with Crippen molar-refractivity contribution in [2.24, 2.45) is 5.92 Å². The Morgan fingerprint density at radius 2 is 1.96 bits per heavy atom. The first-order valence-corrected chi connectivity index (χ1v) is 11.0. The van der Waals surface area contributed by atoms with Gasteiger partial charge in [0.2, 0.25) is 10.0 Å². The van der Waals surface area contributed by atoms with E-state index in [1.54, 1.807) is 0 Å². The quantitative estimate of drug-likeness (QED) is 0.386. The summed E-state index contributed by atoms with van der Waals surface area (Å²) in [6.07, 6.45) is 13.6. The highest BCUT2D eigenvalue weighted by molar-refractivity contribution is 7.89. The summed E-state index contributed by atoms with van der Waals surface area (Å²) in [5.74, 6) is -0.153. The van der Waals surface area contributed by atoms with Gasteiger partial charge in [-0.1, -0.05) is 44.8 Å². The molecule has 0 bridgehead atoms. The monoisotopic (exact) mass is 359 g/mol. The van der Waals surface area contributed by atoms with E-state index in [1.807, 2.05) is 6.08 Å². The lowest BCUT2D eigenvalue weighted by atomic mass is 10.00. The van der Waals surface area contributed by atoms with Crippen LogP contribution in [-0.2, 0) is 14.8 Å². The fourth-order valence-corrected chi connectivity index (χ4v) is 4.72. The van der Waals surface area contributed by atoms with Crippen LogP contribution in [0.25, 0.3) is 0 Å². The molecule has 0 radical (unpaired) electrons. The van der Waals surface area contributed by atoms with Crippen molar-refractivity contribution in [1.82, 2.24) is 4.72 Å². The molecule has 5 nitrogen and oxygen atoms in total. The van der Waals surface area contributed by atoms with Crippen LogP contribution in [0.1, 0.15) is 77.6 Å². The smallest absolute Gasteiger partial charge is 0.303 e. The standard InChI is InChI=1S/C18H33NO4S/c1-2-3-4-9-15-24(22,23)19-17-13-10-12-16(17)11-7-5-6-8-14-18(20)21/h5,7,16-17,19H,2-4,6,8-15H2,1H3,(H,20,21). The molecule has 0 aromatic heterocycles. The zero-order chi connectivity index (χ0) is 17.8. The number of nitrogens with one attached hydrogen (secondary N) is 1. The van der Waals surface area contributed by atoms with Crippen LogP contribution in [0.4, 0.5) is 0 Å². The third-order valence-corrected chi connectivity index (χ3v) is 6.11. The molecule has 1 aliphatic carbocycles. The number of unbranched alkanes of at least 4 members (excludes halogenated alkanes) is 4. The topological polar surface area (TPSA) is 83.5 Å². The summed E-state index contributed by atoms with van der Waals surface area (Å²) in [6, 6.07) is 0.0600. The average molecular weight is 360 g/mol. The number of sulfonamides is 1. The van der Waals surface area contributed by atoms with Gasteiger partial charge in [0.1, 0.15) is 0 Å². The van der Waals surface area contributed by atoms with Gasteiger partial charge in [-0.15, -0.1) is 0 Å². The number of hydrogen-bond acceptors (Lipinski definition) is 3. The van der Waals surface area contributed by atoms with Gasteiger partial charge in [0.25, 0.3) is 0 Å². The van der Waals surface area contributed by atoms with Gasteiger partial charge in [-0.2, -0.15) is 0 Å². The lowest BCUT2D eigenvalue weighted by molar-refractivity contribution is -0.137. The molecule has 1 saturated carbocycles. The van der Waals surface area contributed by atoms with Gasteiger partial charge in [-0.3, -0.25) is 4.79 Å². The van der Waals surface area contributed by atoms with Crippen LogP contribution < -0.4 is 4.72 Å². The molecule has 1 aliphatic rings. The molecule has 0 spiro atoms. The van der Waals surface area contributed by atoms with Gasteiger partial charge in [0, 0.05) is 12.5 Å². The van der Waals surface area contributed by atoms with Crippen LogP contribution in [0.5, 0.6) is 0 Å². The van der Waals surface area contributed by atoms with Crippen LogP contribution in [0, 0.1) is 5.92 Å². The Bertz CT molecular complexity index is 487. The molecule has 0 aliphatic heterocycles. The molecule has 0 heterocycles. The van der Waals surface area contributed by atoms with E-state index >= 15 is 0 Å². The zero-order valence-corrected chi connectivity index (χ0v) is 15.7. The molecule has 0 aromatic rings. The minimum atomic E-state index is -3.17. The molecule has 1 rings (SSSR count). The van der Waals surface area contributed by atoms with E-state index in [2.05, 4.69) is 17.7 Å². The summed E-state index contributed by atoms with van der Waals surface area (Å²) in [4.78, 5) is 10.4. The van der Waals surface area contributed by atoms with Gasteiger partial charge >= 0.3 is 5.97 Å². The molecule has 2 atom stereocenters. The van der Waals surface area contributed by atoms with Crippen molar-refractivity contribution in [3.05, 3.63) is 12.2 Å². The SMILES string of the molecule is CCCCCCS(=O)(=O)NC1CCCC1CC=CCCCC(=O)O. The van der Waals surface area contributed by atoms with Crippen molar-refractivity contribution < 1.29 is 18.3 Å². The van der Waals surface area contributed by atoms with Crippen LogP contribution >= 0.6 is 0 Å². The summed E-state index contributed by atoms with van der Waals surface area (Å²) in [5, 5.41) is 8.59. The molecule has 0 aromatic carbocycles. The Labute approximate surface area is 147 Å². The second kappa shape index (κ2) is 11.6. The maximum Gasteiger partial charge on any atom is 0.303 e. The number of carbonyl (C=O) groups is 1. The summed E-state index contributed by atoms with van der Waals surface area (Å²) in [6.45, 7) is 2.12. The summed E-state index contributed by atoms with van der Waals surface area (Å²) in [5.41, 5.74) is 0. The molecule has 140 valence electrons. The van der Waals surface area contributed by atoms with Gasteiger partial charge in [-0.25, -0.2) is 13.1 Å². The fraction of sp³-hybridized carbons (Fsp3) is 0.833. The van der Waals surface area contributed by atoms with Crippen molar-refractivity contribution in [1.29, 1.82) is 0 Å². The number of rotatable bonds is 13. The van der Waals surface area contributed by atoms with Crippen LogP contribution in [-0.4, -0.2) is 31.3 Å². The number of carboxylic acids is 1. The first-order valence-electron chi connectivity index (χ1n) is 9.31. The average Bonchev–Trinajstić information content (AvgIpc) is 2.93. The maximum absolute atomic E-state index is 12.2. The van der Waals surface area contributed by atoms with E-state index in [0.29, 0.717) is 12.3 Å². The summed E-state index contributed by atoms with van der Waals surface area (Å²) >= 11 is 0. The van der Waals surface area contributed by atoms with Crippen molar-refractivity contribution in [3.8, 4) is 0 Å². The van der Waals surface area contributed by atoms with Gasteiger partial charge in [-0.05, 0) is 44.4 Å². The first kappa shape index (κ1) is 21.2. The molecular weight excluding hydrogens is 326 g/mol. The Morgan fingerprint density at radius 1 is 1.17 bits per heavy atom. The normalized spacial score (nSPS) is 21.5. The molecule has 0 amide bonds. The summed E-state index contributed by atoms with van der Waals surface area (Å²) in [7, 11) is -3.17. The third kappa shape index (κ3) is 9.42. The Balaban J connectivity index is 2.31. The van der Waals surface area contributed by atoms with Crippen LogP contribution in [0.3, 0.4) is 0 Å². The maximum atomic E-state index is 12.2. The largest absolute Gasteiger partial charge is 0.481 e. The predicted octanol–water partition coefficient (Wildman–Crippen LogP) is 3.86. The number of hydrogen-bond donors (Lipinski definition) is 2. The van der Waals surface area contributed by atoms with Crippen molar-refractivity contribution in [2.75, 3.05) is 5.75 Å². The second-order valence-corrected chi connectivity index (χ2v) is 8.66. The molecule has 2 N–H and O–H groups in total. The Morgan fingerprint density at radius 3 is 2.67 bits per heavy atom. The van der Waals surface area contributed by atoms with E-state index < -0.39 is 16.0 Å². The van der Waals surface area contributed by atoms with Crippen LogP contribution in [0.15, 0.2) is 12.2 Å². The van der Waals surface area contributed by atoms with Gasteiger partial charge in [0.15, 0.2) is 0 Å². The van der Waals surface area contributed by atoms with Crippen molar-refractivity contribution in [3.63, 3.8) is 0 Å². The Hall–Kier alpha value is -0.880. The highest BCUT2D eigenvalue weighted by atomic mass is 32.2. The highest BCUT2D eigenvalue weighted by Gasteiger charge is 2.29. The molecule has 0 saturated heterocycles. The van der Waals surface area contributed by atoms with E-state index in [0.717, 1.165) is 57.8 Å². The summed E-state index contributed by atoms with van der Waals surface area (Å²) < 4.78 is 27.3. The first-order chi connectivity index (χ1) is 11.4. The fourth-order valence-electron chi connectivity index (χ4n) is 3.24. The highest BCUT2D eigenvalue weighted by Crippen LogP contribution is 2.29. The van der Waals surface area contributed by atoms with Gasteiger partial charge in [0.05, 0.1) is 5.75 Å². The molecule has 6 heteroatoms. The molecular formula is C18H33NO4S. The van der Waals surface area contributed by atoms with E-state index in [4.69, 9.17) is 5.11 Å². The lowest BCUT2D eigenvalue weighted by Crippen LogP contribution is -2.38. The van der Waals surface area contributed by atoms with E-state index in [-0.39, 0.29) is 18.2 Å². The van der Waals surface area contributed by atoms with E-state index in [9.17, 15) is 13.2 Å². The van der Waals surface area contributed by atoms with Gasteiger partial charge < -0.3 is 5.11 Å². The van der Waals surface area contributed by atoms with Crippen molar-refractivity contribution >= 4 is 16.0 Å². The molecule has 24 heavy (non-hydrogen) atoms. The lowest BCUT2D eigenvalue weighted by Gasteiger charge is -2.19. The Kier molecular flexibility index (Phi) is 10.3. The zero-order valence-electron chi connectivity index (χ0n) is 14.9. The molecule has 2 unspecified atom stereocenters. The minimum Gasteiger partial charge on any atom is -0.481 e. The minimum absolute atomic E-state index is 0.0600. The van der Waals surface area contributed by atoms with E-state index in [1.165, 1.54) is 0 Å². The number of allylic oxidation sites excluding steroid dienone is 2. The number of carboxylic acid groups (broad SMARTS) is 1. The second-order valence-electron chi connectivity index (χ2n) is 6.79. The van der Waals surface area contributed by atoms with Crippen LogP contribution in [0.2, 0.25) is 0 Å². The predicted molar refractivity (Wildman–Crippen MR) is 97.4 cm³/mol. The number of aliphatic carboxylic acids is 1. The van der Waals surface area contributed by atoms with Crippen molar-refractivity contribution in [2.45, 2.75) is 83.6 Å². The third-order valence-electron chi connectivity index (χ3n) is 4.62. The molecule has 1 fully saturated rings.